The van der Waals surface area contributed by atoms with Crippen LogP contribution in [0.15, 0.2) is 60.7 Å². The molecule has 138 valence electrons. The molecule has 0 aromatic heterocycles. The van der Waals surface area contributed by atoms with Gasteiger partial charge in [-0.1, -0.05) is 60.7 Å². The first-order chi connectivity index (χ1) is 12.3. The number of hydrogen-bond acceptors (Lipinski definition) is 2. The number of rotatable bonds is 6. The van der Waals surface area contributed by atoms with Gasteiger partial charge in [0.25, 0.3) is 0 Å². The van der Waals surface area contributed by atoms with Crippen molar-refractivity contribution in [1.29, 1.82) is 0 Å². The molecule has 0 radical (unpaired) electrons. The lowest BCUT2D eigenvalue weighted by Gasteiger charge is -2.35. The predicted octanol–water partition coefficient (Wildman–Crippen LogP) is 3.58. The Morgan fingerprint density at radius 3 is 1.77 bits per heavy atom. The Bertz CT molecular complexity index is 681. The Morgan fingerprint density at radius 1 is 0.923 bits per heavy atom. The van der Waals surface area contributed by atoms with E-state index >= 15 is 0 Å². The fourth-order valence-corrected chi connectivity index (χ4v) is 3.14. The van der Waals surface area contributed by atoms with Gasteiger partial charge < -0.3 is 10.2 Å². The van der Waals surface area contributed by atoms with Crippen molar-refractivity contribution < 1.29 is 9.59 Å². The highest BCUT2D eigenvalue weighted by molar-refractivity contribution is 5.87. The van der Waals surface area contributed by atoms with Crippen LogP contribution < -0.4 is 5.32 Å². The zero-order chi connectivity index (χ0) is 19.2. The van der Waals surface area contributed by atoms with Crippen LogP contribution in [0.1, 0.15) is 44.7 Å². The third-order valence-corrected chi connectivity index (χ3v) is 4.35. The predicted molar refractivity (Wildman–Crippen MR) is 105 cm³/mol. The lowest BCUT2D eigenvalue weighted by Crippen LogP contribution is -2.48. The van der Waals surface area contributed by atoms with E-state index in [4.69, 9.17) is 0 Å². The summed E-state index contributed by atoms with van der Waals surface area (Å²) < 4.78 is 0. The first-order valence-electron chi connectivity index (χ1n) is 8.96. The van der Waals surface area contributed by atoms with Crippen LogP contribution in [0, 0.1) is 0 Å². The summed E-state index contributed by atoms with van der Waals surface area (Å²) in [4.78, 5) is 26.6. The van der Waals surface area contributed by atoms with Crippen LogP contribution in [0.4, 0.5) is 0 Å². The van der Waals surface area contributed by atoms with Gasteiger partial charge in [0.2, 0.25) is 11.8 Å². The minimum Gasteiger partial charge on any atom is -0.354 e. The molecule has 4 heteroatoms. The molecule has 0 aliphatic carbocycles. The molecule has 0 fully saturated rings. The number of carbonyl (C=O) groups is 2. The minimum atomic E-state index is -0.363. The summed E-state index contributed by atoms with van der Waals surface area (Å²) >= 11 is 0. The van der Waals surface area contributed by atoms with Crippen LogP contribution in [0.5, 0.6) is 0 Å². The summed E-state index contributed by atoms with van der Waals surface area (Å²) in [6.07, 6.45) is 0. The number of carbonyl (C=O) groups excluding carboxylic acids is 2. The molecule has 0 unspecified atom stereocenters. The summed E-state index contributed by atoms with van der Waals surface area (Å²) in [5.41, 5.74) is 1.64. The SMILES string of the molecule is CC(=O)N(CCNC(=O)C(c1ccccc1)c1ccccc1)C(C)(C)C. The molecule has 0 atom stereocenters. The minimum absolute atomic E-state index is 0.00872. The molecule has 0 spiro atoms. The van der Waals surface area contributed by atoms with E-state index in [1.54, 1.807) is 11.8 Å². The van der Waals surface area contributed by atoms with E-state index in [2.05, 4.69) is 5.32 Å². The molecule has 2 aromatic carbocycles. The number of benzene rings is 2. The molecule has 0 heterocycles. The van der Waals surface area contributed by atoms with Crippen molar-refractivity contribution in [2.24, 2.45) is 0 Å². The maximum absolute atomic E-state index is 12.9. The topological polar surface area (TPSA) is 49.4 Å². The highest BCUT2D eigenvalue weighted by Crippen LogP contribution is 2.24. The average molecular weight is 352 g/mol. The van der Waals surface area contributed by atoms with Crippen molar-refractivity contribution in [3.63, 3.8) is 0 Å². The van der Waals surface area contributed by atoms with Crippen LogP contribution in [0.25, 0.3) is 0 Å². The summed E-state index contributed by atoms with van der Waals surface area (Å²) in [7, 11) is 0. The molecule has 0 aliphatic rings. The Kier molecular flexibility index (Phi) is 6.56. The van der Waals surface area contributed by atoms with Crippen LogP contribution in [-0.4, -0.2) is 35.3 Å². The van der Waals surface area contributed by atoms with Crippen molar-refractivity contribution >= 4 is 11.8 Å². The van der Waals surface area contributed by atoms with E-state index in [-0.39, 0.29) is 23.3 Å². The second-order valence-corrected chi connectivity index (χ2v) is 7.39. The van der Waals surface area contributed by atoms with Gasteiger partial charge >= 0.3 is 0 Å². The number of amides is 2. The Hall–Kier alpha value is -2.62. The molecule has 0 saturated carbocycles. The highest BCUT2D eigenvalue weighted by Gasteiger charge is 2.25. The van der Waals surface area contributed by atoms with E-state index in [9.17, 15) is 9.59 Å². The van der Waals surface area contributed by atoms with Crippen molar-refractivity contribution in [1.82, 2.24) is 10.2 Å². The molecule has 2 aromatic rings. The van der Waals surface area contributed by atoms with E-state index in [1.165, 1.54) is 0 Å². The quantitative estimate of drug-likeness (QED) is 0.864. The molecular formula is C22H28N2O2. The highest BCUT2D eigenvalue weighted by atomic mass is 16.2. The molecule has 2 rings (SSSR count). The van der Waals surface area contributed by atoms with Crippen LogP contribution in [0.2, 0.25) is 0 Å². The third kappa shape index (κ3) is 5.19. The third-order valence-electron chi connectivity index (χ3n) is 4.35. The monoisotopic (exact) mass is 352 g/mol. The summed E-state index contributed by atoms with van der Waals surface area (Å²) in [6.45, 7) is 8.45. The summed E-state index contributed by atoms with van der Waals surface area (Å²) in [5, 5.41) is 3.00. The van der Waals surface area contributed by atoms with Gasteiger partial charge in [0.15, 0.2) is 0 Å². The van der Waals surface area contributed by atoms with Crippen molar-refractivity contribution in [2.45, 2.75) is 39.2 Å². The number of hydrogen-bond donors (Lipinski definition) is 1. The fourth-order valence-electron chi connectivity index (χ4n) is 3.14. The average Bonchev–Trinajstić information content (AvgIpc) is 2.59. The van der Waals surface area contributed by atoms with Gasteiger partial charge in [0.05, 0.1) is 5.92 Å². The largest absolute Gasteiger partial charge is 0.354 e. The molecule has 0 saturated heterocycles. The van der Waals surface area contributed by atoms with Gasteiger partial charge in [-0.25, -0.2) is 0 Å². The zero-order valence-corrected chi connectivity index (χ0v) is 16.0. The summed E-state index contributed by atoms with van der Waals surface area (Å²) in [6, 6.07) is 19.5. The Labute approximate surface area is 156 Å². The lowest BCUT2D eigenvalue weighted by atomic mass is 9.90. The molecule has 26 heavy (non-hydrogen) atoms. The van der Waals surface area contributed by atoms with E-state index in [0.29, 0.717) is 13.1 Å². The van der Waals surface area contributed by atoms with Crippen molar-refractivity contribution in [3.05, 3.63) is 71.8 Å². The summed E-state index contributed by atoms with van der Waals surface area (Å²) in [5.74, 6) is -0.410. The number of nitrogens with zero attached hydrogens (tertiary/aromatic N) is 1. The van der Waals surface area contributed by atoms with Gasteiger partial charge in [-0.3, -0.25) is 9.59 Å². The molecule has 2 amide bonds. The second-order valence-electron chi connectivity index (χ2n) is 7.39. The molecule has 4 nitrogen and oxygen atoms in total. The van der Waals surface area contributed by atoms with E-state index < -0.39 is 0 Å². The van der Waals surface area contributed by atoms with E-state index in [0.717, 1.165) is 11.1 Å². The molecule has 0 bridgehead atoms. The normalized spacial score (nSPS) is 11.3. The zero-order valence-electron chi connectivity index (χ0n) is 16.0. The fraction of sp³-hybridized carbons (Fsp3) is 0.364. The smallest absolute Gasteiger partial charge is 0.232 e. The van der Waals surface area contributed by atoms with Crippen LogP contribution in [-0.2, 0) is 9.59 Å². The second kappa shape index (κ2) is 8.65. The first-order valence-corrected chi connectivity index (χ1v) is 8.96. The van der Waals surface area contributed by atoms with Crippen molar-refractivity contribution in [3.8, 4) is 0 Å². The first kappa shape index (κ1) is 19.7. The van der Waals surface area contributed by atoms with Gasteiger partial charge in [-0.05, 0) is 31.9 Å². The standard InChI is InChI=1S/C22H28N2O2/c1-17(25)24(22(2,3)4)16-15-23-21(26)20(18-11-7-5-8-12-18)19-13-9-6-10-14-19/h5-14,20H,15-16H2,1-4H3,(H,23,26). The molecular weight excluding hydrogens is 324 g/mol. The van der Waals surface area contributed by atoms with Crippen LogP contribution in [0.3, 0.4) is 0 Å². The van der Waals surface area contributed by atoms with Gasteiger partial charge in [0, 0.05) is 25.6 Å². The maximum Gasteiger partial charge on any atom is 0.232 e. The maximum atomic E-state index is 12.9. The Morgan fingerprint density at radius 2 is 1.38 bits per heavy atom. The Balaban J connectivity index is 2.12. The van der Waals surface area contributed by atoms with Crippen molar-refractivity contribution in [2.75, 3.05) is 13.1 Å². The van der Waals surface area contributed by atoms with Crippen LogP contribution >= 0.6 is 0 Å². The molecule has 1 N–H and O–H groups in total. The van der Waals surface area contributed by atoms with Gasteiger partial charge in [-0.2, -0.15) is 0 Å². The number of nitrogens with one attached hydrogen (secondary N) is 1. The van der Waals surface area contributed by atoms with E-state index in [1.807, 2.05) is 81.4 Å². The van der Waals surface area contributed by atoms with Gasteiger partial charge in [0.1, 0.15) is 0 Å². The molecule has 0 aliphatic heterocycles. The van der Waals surface area contributed by atoms with Gasteiger partial charge in [-0.15, -0.1) is 0 Å². The lowest BCUT2D eigenvalue weighted by molar-refractivity contribution is -0.134.